The number of aryl methyl sites for hydroxylation is 2. The molecule has 2 aromatic carbocycles. The summed E-state index contributed by atoms with van der Waals surface area (Å²) in [7, 11) is -3.58. The van der Waals surface area contributed by atoms with E-state index in [1.807, 2.05) is 24.0 Å². The number of carbonyl (C=O) groups is 1. The van der Waals surface area contributed by atoms with Crippen LogP contribution < -0.4 is 4.90 Å². The number of piperazine rings is 1. The Bertz CT molecular complexity index is 1070. The first-order valence-corrected chi connectivity index (χ1v) is 12.9. The molecule has 6 nitrogen and oxygen atoms in total. The molecule has 0 unspecified atom stereocenters. The molecule has 4 rings (SSSR count). The molecule has 1 amide bonds. The van der Waals surface area contributed by atoms with Crippen LogP contribution in [0.1, 0.15) is 29.5 Å². The predicted octanol–water partition coefficient (Wildman–Crippen LogP) is 3.36. The Labute approximate surface area is 191 Å². The zero-order valence-corrected chi connectivity index (χ0v) is 20.1. The molecule has 2 aromatic rings. The number of anilines is 1. The van der Waals surface area contributed by atoms with Gasteiger partial charge < -0.3 is 9.80 Å². The lowest BCUT2D eigenvalue weighted by Crippen LogP contribution is -2.53. The van der Waals surface area contributed by atoms with Gasteiger partial charge in [-0.25, -0.2) is 8.42 Å². The van der Waals surface area contributed by atoms with Crippen LogP contribution in [-0.4, -0.2) is 62.8 Å². The lowest BCUT2D eigenvalue weighted by Gasteiger charge is -2.40. The van der Waals surface area contributed by atoms with E-state index in [4.69, 9.17) is 0 Å². The largest absolute Gasteiger partial charge is 0.368 e. The van der Waals surface area contributed by atoms with Crippen molar-refractivity contribution in [2.45, 2.75) is 38.5 Å². The maximum absolute atomic E-state index is 13.3. The van der Waals surface area contributed by atoms with E-state index in [9.17, 15) is 13.2 Å². The van der Waals surface area contributed by atoms with Crippen molar-refractivity contribution in [1.82, 2.24) is 9.21 Å². The van der Waals surface area contributed by atoms with Gasteiger partial charge >= 0.3 is 0 Å². The van der Waals surface area contributed by atoms with Gasteiger partial charge in [0.2, 0.25) is 15.9 Å². The van der Waals surface area contributed by atoms with Gasteiger partial charge in [0.25, 0.3) is 0 Å². The van der Waals surface area contributed by atoms with Gasteiger partial charge in [0.15, 0.2) is 0 Å². The van der Waals surface area contributed by atoms with Crippen LogP contribution in [0.4, 0.5) is 5.69 Å². The molecule has 2 saturated heterocycles. The van der Waals surface area contributed by atoms with Crippen LogP contribution in [0.15, 0.2) is 47.4 Å². The van der Waals surface area contributed by atoms with E-state index in [0.717, 1.165) is 25.1 Å². The average Bonchev–Trinajstić information content (AvgIpc) is 2.81. The molecule has 0 aromatic heterocycles. The molecule has 0 aliphatic carbocycles. The van der Waals surface area contributed by atoms with Crippen molar-refractivity contribution in [3.8, 4) is 0 Å². The van der Waals surface area contributed by atoms with Crippen molar-refractivity contribution >= 4 is 21.6 Å². The first-order valence-electron chi connectivity index (χ1n) is 11.4. The van der Waals surface area contributed by atoms with Gasteiger partial charge in [-0.1, -0.05) is 29.8 Å². The lowest BCUT2D eigenvalue weighted by molar-refractivity contribution is -0.137. The molecule has 1 atom stereocenters. The summed E-state index contributed by atoms with van der Waals surface area (Å²) >= 11 is 0. The van der Waals surface area contributed by atoms with Crippen molar-refractivity contribution < 1.29 is 13.2 Å². The van der Waals surface area contributed by atoms with Gasteiger partial charge in [0.05, 0.1) is 10.8 Å². The first kappa shape index (κ1) is 22.8. The predicted molar refractivity (Wildman–Crippen MR) is 127 cm³/mol. The number of sulfonamides is 1. The minimum Gasteiger partial charge on any atom is -0.368 e. The number of rotatable bonds is 4. The molecule has 172 valence electrons. The Morgan fingerprint density at radius 3 is 2.28 bits per heavy atom. The van der Waals surface area contributed by atoms with E-state index >= 15 is 0 Å². The van der Waals surface area contributed by atoms with Crippen LogP contribution >= 0.6 is 0 Å². The zero-order chi connectivity index (χ0) is 22.9. The Balaban J connectivity index is 1.40. The van der Waals surface area contributed by atoms with Gasteiger partial charge in [0.1, 0.15) is 0 Å². The number of carbonyl (C=O) groups excluding carboxylic acids is 1. The molecule has 0 radical (unpaired) electrons. The average molecular weight is 456 g/mol. The number of nitrogens with zero attached hydrogens (tertiary/aromatic N) is 3. The molecule has 2 aliphatic rings. The summed E-state index contributed by atoms with van der Waals surface area (Å²) in [5.74, 6) is -0.175. The minimum absolute atomic E-state index is 0.0921. The molecular formula is C25H33N3O3S. The van der Waals surface area contributed by atoms with E-state index in [-0.39, 0.29) is 18.4 Å². The normalized spacial score (nSPS) is 20.4. The molecule has 0 bridgehead atoms. The summed E-state index contributed by atoms with van der Waals surface area (Å²) in [5.41, 5.74) is 4.83. The molecule has 32 heavy (non-hydrogen) atoms. The fraction of sp³-hybridized carbons (Fsp3) is 0.480. The molecule has 0 spiro atoms. The van der Waals surface area contributed by atoms with Crippen LogP contribution in [0.25, 0.3) is 0 Å². The molecule has 2 heterocycles. The highest BCUT2D eigenvalue weighted by Gasteiger charge is 2.36. The third kappa shape index (κ3) is 4.55. The molecule has 2 fully saturated rings. The summed E-state index contributed by atoms with van der Waals surface area (Å²) in [6.07, 6.45) is 1.46. The summed E-state index contributed by atoms with van der Waals surface area (Å²) in [6, 6.07) is 13.3. The van der Waals surface area contributed by atoms with Crippen molar-refractivity contribution in [3.63, 3.8) is 0 Å². The third-order valence-corrected chi connectivity index (χ3v) is 8.78. The highest BCUT2D eigenvalue weighted by atomic mass is 32.2. The summed E-state index contributed by atoms with van der Waals surface area (Å²) in [5, 5.41) is 0. The second kappa shape index (κ2) is 9.24. The quantitative estimate of drug-likeness (QED) is 0.709. The smallest absolute Gasteiger partial charge is 0.243 e. The molecule has 0 saturated carbocycles. The second-order valence-corrected chi connectivity index (χ2v) is 11.0. The SMILES string of the molecule is Cc1ccc(S(=O)(=O)N2CCC[C@H](C(=O)N3CCN(c4cccc(C)c4C)CC3)C2)cc1. The van der Waals surface area contributed by atoms with Gasteiger partial charge in [-0.3, -0.25) is 4.79 Å². The number of hydrogen-bond acceptors (Lipinski definition) is 4. The van der Waals surface area contributed by atoms with Crippen LogP contribution in [0.2, 0.25) is 0 Å². The highest BCUT2D eigenvalue weighted by molar-refractivity contribution is 7.89. The van der Waals surface area contributed by atoms with Crippen LogP contribution in [0.3, 0.4) is 0 Å². The molecular weight excluding hydrogens is 422 g/mol. The van der Waals surface area contributed by atoms with E-state index in [1.54, 1.807) is 12.1 Å². The molecule has 7 heteroatoms. The number of amides is 1. The van der Waals surface area contributed by atoms with Crippen LogP contribution in [-0.2, 0) is 14.8 Å². The standard InChI is InChI=1S/C25H33N3O3S/c1-19-9-11-23(12-10-19)32(30,31)28-13-5-7-22(18-28)25(29)27-16-14-26(15-17-27)24-8-4-6-20(2)21(24)3/h4,6,8-12,22H,5,7,13-18H2,1-3H3/t22-/m0/s1. The summed E-state index contributed by atoms with van der Waals surface area (Å²) in [4.78, 5) is 17.8. The van der Waals surface area contributed by atoms with Gasteiger partial charge in [0, 0.05) is 45.0 Å². The van der Waals surface area contributed by atoms with Gasteiger partial charge in [-0.05, 0) is 62.9 Å². The van der Waals surface area contributed by atoms with Gasteiger partial charge in [-0.15, -0.1) is 0 Å². The third-order valence-electron chi connectivity index (χ3n) is 6.90. The highest BCUT2D eigenvalue weighted by Crippen LogP contribution is 2.27. The van der Waals surface area contributed by atoms with E-state index < -0.39 is 10.0 Å². The molecule has 2 aliphatic heterocycles. The maximum atomic E-state index is 13.3. The van der Waals surface area contributed by atoms with E-state index in [2.05, 4.69) is 36.9 Å². The topological polar surface area (TPSA) is 60.9 Å². The van der Waals surface area contributed by atoms with Crippen molar-refractivity contribution in [2.24, 2.45) is 5.92 Å². The monoisotopic (exact) mass is 455 g/mol. The number of benzene rings is 2. The Hall–Kier alpha value is -2.38. The van der Waals surface area contributed by atoms with Crippen molar-refractivity contribution in [1.29, 1.82) is 0 Å². The number of piperidine rings is 1. The van der Waals surface area contributed by atoms with E-state index in [1.165, 1.54) is 21.1 Å². The van der Waals surface area contributed by atoms with Gasteiger partial charge in [-0.2, -0.15) is 4.31 Å². The number of hydrogen-bond donors (Lipinski definition) is 0. The zero-order valence-electron chi connectivity index (χ0n) is 19.3. The fourth-order valence-electron chi connectivity index (χ4n) is 4.73. The van der Waals surface area contributed by atoms with Crippen molar-refractivity contribution in [2.75, 3.05) is 44.2 Å². The summed E-state index contributed by atoms with van der Waals surface area (Å²) < 4.78 is 27.7. The minimum atomic E-state index is -3.58. The summed E-state index contributed by atoms with van der Waals surface area (Å²) in [6.45, 7) is 9.90. The van der Waals surface area contributed by atoms with Crippen molar-refractivity contribution in [3.05, 3.63) is 59.2 Å². The Morgan fingerprint density at radius 2 is 1.59 bits per heavy atom. The second-order valence-electron chi connectivity index (χ2n) is 9.05. The Kier molecular flexibility index (Phi) is 6.58. The van der Waals surface area contributed by atoms with Crippen LogP contribution in [0, 0.1) is 26.7 Å². The lowest BCUT2D eigenvalue weighted by atomic mass is 9.97. The van der Waals surface area contributed by atoms with E-state index in [0.29, 0.717) is 31.0 Å². The fourth-order valence-corrected chi connectivity index (χ4v) is 6.25. The van der Waals surface area contributed by atoms with Crippen LogP contribution in [0.5, 0.6) is 0 Å². The molecule has 0 N–H and O–H groups in total. The first-order chi connectivity index (χ1) is 15.3. The maximum Gasteiger partial charge on any atom is 0.243 e. The Morgan fingerprint density at radius 1 is 0.906 bits per heavy atom.